The number of piperidine rings is 2. The maximum Gasteiger partial charge on any atom is 0.309 e. The number of benzene rings is 2. The number of aromatic amines is 1. The molecule has 1 saturated carbocycles. The molecule has 2 aromatic carbocycles. The molecule has 3 aliphatic rings. The highest BCUT2D eigenvalue weighted by Crippen LogP contribution is 2.54. The van der Waals surface area contributed by atoms with Crippen LogP contribution in [0.15, 0.2) is 54.7 Å². The first-order valence-corrected chi connectivity index (χ1v) is 11.7. The zero-order chi connectivity index (χ0) is 22.5. The Kier molecular flexibility index (Phi) is 5.25. The van der Waals surface area contributed by atoms with E-state index in [0.717, 1.165) is 28.5 Å². The number of H-pyrrole nitrogens is 1. The summed E-state index contributed by atoms with van der Waals surface area (Å²) in [6.07, 6.45) is 4.82. The van der Waals surface area contributed by atoms with E-state index in [2.05, 4.69) is 17.1 Å². The molecule has 2 bridgehead atoms. The van der Waals surface area contributed by atoms with Crippen molar-refractivity contribution in [2.24, 2.45) is 5.41 Å². The average molecular weight is 451 g/mol. The quantitative estimate of drug-likeness (QED) is 0.514. The number of carbonyl (C=O) groups excluding carboxylic acids is 1. The third kappa shape index (κ3) is 3.39. The molecule has 0 radical (unpaired) electrons. The lowest BCUT2D eigenvalue weighted by Crippen LogP contribution is -2.66. The Bertz CT molecular complexity index is 1170. The topological polar surface area (TPSA) is 73.4 Å². The van der Waals surface area contributed by atoms with Crippen molar-refractivity contribution in [3.05, 3.63) is 70.9 Å². The zero-order valence-corrected chi connectivity index (χ0v) is 18.8. The first kappa shape index (κ1) is 21.1. The predicted molar refractivity (Wildman–Crippen MR) is 125 cm³/mol. The first-order chi connectivity index (χ1) is 15.4. The van der Waals surface area contributed by atoms with E-state index in [4.69, 9.17) is 11.6 Å². The van der Waals surface area contributed by atoms with Crippen LogP contribution in [0.1, 0.15) is 56.1 Å². The molecular formula is C26H27ClN2O3. The van der Waals surface area contributed by atoms with E-state index >= 15 is 0 Å². The van der Waals surface area contributed by atoms with Gasteiger partial charge in [0.05, 0.1) is 5.41 Å². The second-order valence-corrected chi connectivity index (χ2v) is 9.75. The van der Waals surface area contributed by atoms with Gasteiger partial charge in [-0.1, -0.05) is 54.9 Å². The highest BCUT2D eigenvalue weighted by atomic mass is 35.5. The van der Waals surface area contributed by atoms with Gasteiger partial charge in [0.1, 0.15) is 0 Å². The lowest BCUT2D eigenvalue weighted by molar-refractivity contribution is -0.180. The largest absolute Gasteiger partial charge is 0.481 e. The van der Waals surface area contributed by atoms with Crippen LogP contribution in [-0.4, -0.2) is 39.0 Å². The number of hydrogen-bond donors (Lipinski definition) is 2. The minimum atomic E-state index is -0.709. The van der Waals surface area contributed by atoms with Crippen molar-refractivity contribution < 1.29 is 14.7 Å². The number of nitrogens with zero attached hydrogens (tertiary/aromatic N) is 1. The molecule has 6 heteroatoms. The molecule has 3 heterocycles. The second kappa shape index (κ2) is 7.96. The summed E-state index contributed by atoms with van der Waals surface area (Å²) in [6, 6.07) is 15.9. The molecule has 2 aliphatic heterocycles. The van der Waals surface area contributed by atoms with E-state index in [0.29, 0.717) is 30.7 Å². The molecule has 2 N–H and O–H groups in total. The Balaban J connectivity index is 1.47. The van der Waals surface area contributed by atoms with Gasteiger partial charge in [0.25, 0.3) is 0 Å². The molecule has 0 spiro atoms. The molecule has 6 rings (SSSR count). The Labute approximate surface area is 192 Å². The number of fused-ring (bicyclic) bond motifs is 3. The third-order valence-corrected chi connectivity index (χ3v) is 7.75. The number of amides is 1. The van der Waals surface area contributed by atoms with Gasteiger partial charge >= 0.3 is 5.97 Å². The predicted octanol–water partition coefficient (Wildman–Crippen LogP) is 5.59. The molecule has 2 unspecified atom stereocenters. The number of carboxylic acids is 1. The fourth-order valence-corrected chi connectivity index (χ4v) is 6.02. The van der Waals surface area contributed by atoms with Crippen LogP contribution in [0.3, 0.4) is 0 Å². The maximum absolute atomic E-state index is 13.7. The van der Waals surface area contributed by atoms with Crippen LogP contribution in [0.4, 0.5) is 0 Å². The lowest BCUT2D eigenvalue weighted by atomic mass is 9.57. The number of aliphatic carboxylic acids is 1. The standard InChI is InChI=1S/C26H27ClN2O3/c1-2-18-12-26(25(31)32)13-19(14-26)29(18)24(30)11-21(16-6-4-3-5-7-16)22-15-28-23-10-17(27)8-9-20(22)23/h3-10,15,18-19,21,28H,2,11-14H2,1H3,(H,31,32). The summed E-state index contributed by atoms with van der Waals surface area (Å²) in [6.45, 7) is 2.04. The summed E-state index contributed by atoms with van der Waals surface area (Å²) >= 11 is 6.17. The second-order valence-electron chi connectivity index (χ2n) is 9.32. The van der Waals surface area contributed by atoms with Gasteiger partial charge in [0.15, 0.2) is 0 Å². The van der Waals surface area contributed by atoms with Crippen molar-refractivity contribution in [2.45, 2.75) is 57.0 Å². The molecule has 1 aromatic heterocycles. The van der Waals surface area contributed by atoms with Crippen molar-refractivity contribution in [1.29, 1.82) is 0 Å². The van der Waals surface area contributed by atoms with Crippen molar-refractivity contribution in [1.82, 2.24) is 9.88 Å². The molecule has 1 aliphatic carbocycles. The van der Waals surface area contributed by atoms with E-state index in [1.54, 1.807) is 0 Å². The van der Waals surface area contributed by atoms with Gasteiger partial charge in [-0.15, -0.1) is 0 Å². The van der Waals surface area contributed by atoms with Crippen molar-refractivity contribution >= 4 is 34.4 Å². The smallest absolute Gasteiger partial charge is 0.309 e. The summed E-state index contributed by atoms with van der Waals surface area (Å²) in [5.41, 5.74) is 2.50. The number of carbonyl (C=O) groups is 2. The summed E-state index contributed by atoms with van der Waals surface area (Å²) < 4.78 is 0. The van der Waals surface area contributed by atoms with E-state index in [1.165, 1.54) is 0 Å². The van der Waals surface area contributed by atoms with Crippen molar-refractivity contribution in [3.8, 4) is 0 Å². The van der Waals surface area contributed by atoms with E-state index < -0.39 is 11.4 Å². The summed E-state index contributed by atoms with van der Waals surface area (Å²) in [4.78, 5) is 30.8. The minimum absolute atomic E-state index is 0.00991. The molecule has 166 valence electrons. The molecule has 1 amide bonds. The fraction of sp³-hybridized carbons (Fsp3) is 0.385. The highest BCUT2D eigenvalue weighted by molar-refractivity contribution is 6.31. The molecule has 5 nitrogen and oxygen atoms in total. The molecule has 2 atom stereocenters. The number of rotatable bonds is 6. The summed E-state index contributed by atoms with van der Waals surface area (Å²) in [5.74, 6) is -0.695. The van der Waals surface area contributed by atoms with Gasteiger partial charge in [0, 0.05) is 46.5 Å². The molecule has 32 heavy (non-hydrogen) atoms. The van der Waals surface area contributed by atoms with E-state index in [-0.39, 0.29) is 23.9 Å². The first-order valence-electron chi connectivity index (χ1n) is 11.3. The van der Waals surface area contributed by atoms with Crippen LogP contribution in [0.25, 0.3) is 10.9 Å². The molecule has 2 saturated heterocycles. The highest BCUT2D eigenvalue weighted by Gasteiger charge is 2.59. The van der Waals surface area contributed by atoms with Gasteiger partial charge in [0.2, 0.25) is 5.91 Å². The average Bonchev–Trinajstić information content (AvgIpc) is 3.19. The number of halogens is 1. The fourth-order valence-electron chi connectivity index (χ4n) is 5.85. The Morgan fingerprint density at radius 1 is 1.19 bits per heavy atom. The molecule has 3 aromatic rings. The number of aromatic nitrogens is 1. The Hall–Kier alpha value is -2.79. The molecule has 3 fully saturated rings. The van der Waals surface area contributed by atoms with Crippen LogP contribution in [0, 0.1) is 5.41 Å². The zero-order valence-electron chi connectivity index (χ0n) is 18.1. The van der Waals surface area contributed by atoms with Crippen LogP contribution >= 0.6 is 11.6 Å². The van der Waals surface area contributed by atoms with Gasteiger partial charge in [-0.05, 0) is 48.9 Å². The van der Waals surface area contributed by atoms with Crippen LogP contribution in [-0.2, 0) is 9.59 Å². The summed E-state index contributed by atoms with van der Waals surface area (Å²) in [5, 5.41) is 11.4. The van der Waals surface area contributed by atoms with Crippen LogP contribution in [0.2, 0.25) is 5.02 Å². The third-order valence-electron chi connectivity index (χ3n) is 7.51. The Morgan fingerprint density at radius 2 is 1.94 bits per heavy atom. The SMILES string of the molecule is CCC1CC2(C(=O)O)CC(C2)N1C(=O)CC(c1ccccc1)c1c[nH]c2cc(Cl)ccc12. The lowest BCUT2D eigenvalue weighted by Gasteiger charge is -2.58. The molecular weight excluding hydrogens is 424 g/mol. The Morgan fingerprint density at radius 3 is 2.62 bits per heavy atom. The van der Waals surface area contributed by atoms with Gasteiger partial charge in [-0.2, -0.15) is 0 Å². The normalized spacial score (nSPS) is 25.4. The van der Waals surface area contributed by atoms with Crippen molar-refractivity contribution in [3.63, 3.8) is 0 Å². The van der Waals surface area contributed by atoms with Gasteiger partial charge in [-0.25, -0.2) is 0 Å². The monoisotopic (exact) mass is 450 g/mol. The summed E-state index contributed by atoms with van der Waals surface area (Å²) in [7, 11) is 0. The maximum atomic E-state index is 13.7. The van der Waals surface area contributed by atoms with Crippen LogP contribution < -0.4 is 0 Å². The van der Waals surface area contributed by atoms with E-state index in [1.807, 2.05) is 54.4 Å². The number of carboxylic acid groups (broad SMARTS) is 1. The van der Waals surface area contributed by atoms with Crippen molar-refractivity contribution in [2.75, 3.05) is 0 Å². The van der Waals surface area contributed by atoms with Gasteiger partial charge in [-0.3, -0.25) is 9.59 Å². The minimum Gasteiger partial charge on any atom is -0.481 e. The van der Waals surface area contributed by atoms with Gasteiger partial charge < -0.3 is 15.0 Å². The number of nitrogens with one attached hydrogen (secondary N) is 1. The number of hydrogen-bond acceptors (Lipinski definition) is 2. The van der Waals surface area contributed by atoms with Crippen LogP contribution in [0.5, 0.6) is 0 Å². The van der Waals surface area contributed by atoms with E-state index in [9.17, 15) is 14.7 Å².